The van der Waals surface area contributed by atoms with Crippen molar-refractivity contribution in [2.45, 2.75) is 36.2 Å². The van der Waals surface area contributed by atoms with Gasteiger partial charge >= 0.3 is 0 Å². The van der Waals surface area contributed by atoms with Gasteiger partial charge in [0.15, 0.2) is 5.82 Å². The molecule has 0 unspecified atom stereocenters. The lowest BCUT2D eigenvalue weighted by Crippen LogP contribution is -2.05. The molecule has 8 nitrogen and oxygen atoms in total. The standard InChI is InChI=1S/C9H12N6O2S/c16-4-3-15-9(11-13-14-15)18-5-7-10-8(12-17-7)6-1-2-6/h6,16H,1-5H2. The van der Waals surface area contributed by atoms with Gasteiger partial charge in [0.2, 0.25) is 11.0 Å². The Kier molecular flexibility index (Phi) is 3.24. The van der Waals surface area contributed by atoms with Crippen molar-refractivity contribution >= 4 is 11.8 Å². The molecule has 1 N–H and O–H groups in total. The third kappa shape index (κ3) is 2.51. The number of aliphatic hydroxyl groups excluding tert-OH is 1. The molecule has 1 aliphatic rings. The third-order valence-electron chi connectivity index (χ3n) is 2.56. The van der Waals surface area contributed by atoms with E-state index < -0.39 is 0 Å². The molecule has 0 atom stereocenters. The fraction of sp³-hybridized carbons (Fsp3) is 0.667. The summed E-state index contributed by atoms with van der Waals surface area (Å²) in [7, 11) is 0. The summed E-state index contributed by atoms with van der Waals surface area (Å²) < 4.78 is 6.70. The van der Waals surface area contributed by atoms with Gasteiger partial charge in [-0.25, -0.2) is 4.68 Å². The summed E-state index contributed by atoms with van der Waals surface area (Å²) in [5.74, 6) is 2.42. The summed E-state index contributed by atoms with van der Waals surface area (Å²) in [6.07, 6.45) is 2.31. The predicted molar refractivity (Wildman–Crippen MR) is 60.7 cm³/mol. The quantitative estimate of drug-likeness (QED) is 0.742. The monoisotopic (exact) mass is 268 g/mol. The van der Waals surface area contributed by atoms with E-state index in [1.165, 1.54) is 11.8 Å². The van der Waals surface area contributed by atoms with E-state index in [9.17, 15) is 0 Å². The first kappa shape index (κ1) is 11.6. The molecule has 18 heavy (non-hydrogen) atoms. The number of hydrogen-bond acceptors (Lipinski definition) is 8. The highest BCUT2D eigenvalue weighted by Crippen LogP contribution is 2.38. The molecule has 0 aromatic carbocycles. The summed E-state index contributed by atoms with van der Waals surface area (Å²) in [6, 6.07) is 0. The highest BCUT2D eigenvalue weighted by molar-refractivity contribution is 7.98. The summed E-state index contributed by atoms with van der Waals surface area (Å²) in [6.45, 7) is 0.386. The van der Waals surface area contributed by atoms with E-state index in [0.29, 0.717) is 29.3 Å². The Balaban J connectivity index is 1.60. The molecule has 0 amide bonds. The van der Waals surface area contributed by atoms with Crippen LogP contribution in [0.2, 0.25) is 0 Å². The molecule has 96 valence electrons. The molecule has 0 bridgehead atoms. The highest BCUT2D eigenvalue weighted by atomic mass is 32.2. The van der Waals surface area contributed by atoms with Crippen molar-refractivity contribution < 1.29 is 9.63 Å². The largest absolute Gasteiger partial charge is 0.394 e. The zero-order chi connectivity index (χ0) is 12.4. The van der Waals surface area contributed by atoms with Crippen LogP contribution in [0.4, 0.5) is 0 Å². The number of hydrogen-bond donors (Lipinski definition) is 1. The molecule has 2 aromatic heterocycles. The van der Waals surface area contributed by atoms with E-state index in [0.717, 1.165) is 18.7 Å². The smallest absolute Gasteiger partial charge is 0.237 e. The number of rotatable bonds is 6. The number of thioether (sulfide) groups is 1. The minimum Gasteiger partial charge on any atom is -0.394 e. The van der Waals surface area contributed by atoms with Crippen LogP contribution < -0.4 is 0 Å². The second kappa shape index (κ2) is 5.02. The number of tetrazole rings is 1. The summed E-state index contributed by atoms with van der Waals surface area (Å²) >= 11 is 1.41. The fourth-order valence-electron chi connectivity index (χ4n) is 1.50. The molecule has 1 aliphatic carbocycles. The van der Waals surface area contributed by atoms with Gasteiger partial charge in [-0.05, 0) is 23.3 Å². The lowest BCUT2D eigenvalue weighted by atomic mass is 10.4. The molecule has 2 aromatic rings. The zero-order valence-electron chi connectivity index (χ0n) is 9.56. The topological polar surface area (TPSA) is 103 Å². The number of nitrogens with zero attached hydrogens (tertiary/aromatic N) is 6. The summed E-state index contributed by atoms with van der Waals surface area (Å²) in [4.78, 5) is 4.32. The lowest BCUT2D eigenvalue weighted by molar-refractivity contribution is 0.262. The van der Waals surface area contributed by atoms with E-state index in [4.69, 9.17) is 9.63 Å². The number of aliphatic hydroxyl groups is 1. The first-order chi connectivity index (χ1) is 8.86. The van der Waals surface area contributed by atoms with Gasteiger partial charge in [0.05, 0.1) is 18.9 Å². The van der Waals surface area contributed by atoms with Gasteiger partial charge in [-0.2, -0.15) is 4.98 Å². The zero-order valence-corrected chi connectivity index (χ0v) is 10.4. The molecule has 0 saturated heterocycles. The lowest BCUT2D eigenvalue weighted by Gasteiger charge is -1.99. The molecule has 0 radical (unpaired) electrons. The van der Waals surface area contributed by atoms with Crippen LogP contribution >= 0.6 is 11.8 Å². The molecular formula is C9H12N6O2S. The van der Waals surface area contributed by atoms with Crippen LogP contribution in [-0.2, 0) is 12.3 Å². The van der Waals surface area contributed by atoms with E-state index in [2.05, 4.69) is 25.7 Å². The normalized spacial score (nSPS) is 15.2. The van der Waals surface area contributed by atoms with Crippen LogP contribution in [-0.4, -0.2) is 42.1 Å². The molecule has 2 heterocycles. The van der Waals surface area contributed by atoms with Gasteiger partial charge in [0, 0.05) is 5.92 Å². The van der Waals surface area contributed by atoms with Crippen LogP contribution in [0.3, 0.4) is 0 Å². The van der Waals surface area contributed by atoms with Crippen LogP contribution in [0.5, 0.6) is 0 Å². The van der Waals surface area contributed by atoms with Gasteiger partial charge < -0.3 is 9.63 Å². The second-order valence-electron chi connectivity index (χ2n) is 4.02. The van der Waals surface area contributed by atoms with E-state index in [-0.39, 0.29) is 6.61 Å². The van der Waals surface area contributed by atoms with Crippen molar-refractivity contribution in [3.63, 3.8) is 0 Å². The van der Waals surface area contributed by atoms with Crippen molar-refractivity contribution in [1.82, 2.24) is 30.3 Å². The molecular weight excluding hydrogens is 256 g/mol. The van der Waals surface area contributed by atoms with Crippen LogP contribution in [0.15, 0.2) is 9.68 Å². The minimum absolute atomic E-state index is 0.00495. The maximum Gasteiger partial charge on any atom is 0.237 e. The van der Waals surface area contributed by atoms with Crippen LogP contribution in [0.1, 0.15) is 30.5 Å². The molecule has 0 aliphatic heterocycles. The highest BCUT2D eigenvalue weighted by Gasteiger charge is 2.28. The molecule has 1 saturated carbocycles. The third-order valence-corrected chi connectivity index (χ3v) is 3.50. The SMILES string of the molecule is OCCn1nnnc1SCc1nc(C2CC2)no1. The van der Waals surface area contributed by atoms with Crippen LogP contribution in [0, 0.1) is 0 Å². The van der Waals surface area contributed by atoms with Gasteiger partial charge in [-0.15, -0.1) is 5.10 Å². The number of aromatic nitrogens is 6. The van der Waals surface area contributed by atoms with Gasteiger partial charge in [0.1, 0.15) is 0 Å². The first-order valence-corrected chi connectivity index (χ1v) is 6.67. The minimum atomic E-state index is 0.00495. The van der Waals surface area contributed by atoms with E-state index in [1.54, 1.807) is 4.68 Å². The Bertz CT molecular complexity index is 523. The Morgan fingerprint density at radius 3 is 3.11 bits per heavy atom. The fourth-order valence-corrected chi connectivity index (χ4v) is 2.24. The van der Waals surface area contributed by atoms with Gasteiger partial charge in [0.25, 0.3) is 0 Å². The molecule has 0 spiro atoms. The van der Waals surface area contributed by atoms with Crippen molar-refractivity contribution in [3.8, 4) is 0 Å². The Labute approximate surface area is 107 Å². The average Bonchev–Trinajstić information content (AvgIpc) is 2.96. The van der Waals surface area contributed by atoms with Crippen molar-refractivity contribution in [3.05, 3.63) is 11.7 Å². The van der Waals surface area contributed by atoms with E-state index >= 15 is 0 Å². The molecule has 3 rings (SSSR count). The first-order valence-electron chi connectivity index (χ1n) is 5.69. The van der Waals surface area contributed by atoms with E-state index in [1.807, 2.05) is 0 Å². The average molecular weight is 268 g/mol. The van der Waals surface area contributed by atoms with Crippen molar-refractivity contribution in [2.75, 3.05) is 6.61 Å². The summed E-state index contributed by atoms with van der Waals surface area (Å²) in [5, 5.41) is 24.6. The Morgan fingerprint density at radius 2 is 2.33 bits per heavy atom. The maximum atomic E-state index is 8.85. The van der Waals surface area contributed by atoms with Gasteiger partial charge in [-0.1, -0.05) is 16.9 Å². The summed E-state index contributed by atoms with van der Waals surface area (Å²) in [5.41, 5.74) is 0. The molecule has 9 heteroatoms. The maximum absolute atomic E-state index is 8.85. The van der Waals surface area contributed by atoms with Gasteiger partial charge in [-0.3, -0.25) is 0 Å². The Hall–Kier alpha value is -1.48. The second-order valence-corrected chi connectivity index (χ2v) is 4.96. The predicted octanol–water partition coefficient (Wildman–Crippen LogP) is 0.218. The molecule has 1 fully saturated rings. The van der Waals surface area contributed by atoms with Crippen molar-refractivity contribution in [2.24, 2.45) is 0 Å². The Morgan fingerprint density at radius 1 is 1.44 bits per heavy atom. The van der Waals surface area contributed by atoms with Crippen molar-refractivity contribution in [1.29, 1.82) is 0 Å². The van der Waals surface area contributed by atoms with Crippen LogP contribution in [0.25, 0.3) is 0 Å².